The first-order valence-corrected chi connectivity index (χ1v) is 8.19. The van der Waals surface area contributed by atoms with E-state index in [2.05, 4.69) is 11.4 Å². The second-order valence-corrected chi connectivity index (χ2v) is 7.30. The van der Waals surface area contributed by atoms with E-state index in [0.717, 1.165) is 25.2 Å². The predicted octanol–water partition coefficient (Wildman–Crippen LogP) is 2.84. The van der Waals surface area contributed by atoms with E-state index >= 15 is 0 Å². The van der Waals surface area contributed by atoms with Gasteiger partial charge in [-0.1, -0.05) is 24.3 Å². The Morgan fingerprint density at radius 2 is 2.04 bits per heavy atom. The standard InChI is InChI=1S/C18H25NO4/c1-18(2,3)23-17(20)19-16-14-7-5-4-6-13(14)8-15(16)22-11-12-9-21-10-12/h4-7,12,15-16H,8-11H2,1-3H3,(H,19,20)/t15-,16-/m0/s1. The molecule has 0 saturated carbocycles. The fourth-order valence-electron chi connectivity index (χ4n) is 2.96. The fraction of sp³-hybridized carbons (Fsp3) is 0.611. The van der Waals surface area contributed by atoms with E-state index in [4.69, 9.17) is 14.2 Å². The summed E-state index contributed by atoms with van der Waals surface area (Å²) in [6, 6.07) is 7.99. The number of amides is 1. The number of hydrogen-bond donors (Lipinski definition) is 1. The summed E-state index contributed by atoms with van der Waals surface area (Å²) in [7, 11) is 0. The third-order valence-corrected chi connectivity index (χ3v) is 4.11. The lowest BCUT2D eigenvalue weighted by Crippen LogP contribution is -2.40. The summed E-state index contributed by atoms with van der Waals surface area (Å²) in [6.07, 6.45) is 0.352. The van der Waals surface area contributed by atoms with Gasteiger partial charge in [0.25, 0.3) is 0 Å². The van der Waals surface area contributed by atoms with Crippen molar-refractivity contribution in [1.82, 2.24) is 5.32 Å². The van der Waals surface area contributed by atoms with Crippen LogP contribution in [0.25, 0.3) is 0 Å². The molecule has 126 valence electrons. The zero-order valence-electron chi connectivity index (χ0n) is 14.0. The molecule has 0 spiro atoms. The van der Waals surface area contributed by atoms with Gasteiger partial charge in [-0.25, -0.2) is 4.79 Å². The number of hydrogen-bond acceptors (Lipinski definition) is 4. The highest BCUT2D eigenvalue weighted by molar-refractivity contribution is 5.69. The van der Waals surface area contributed by atoms with Crippen molar-refractivity contribution in [2.45, 2.75) is 44.9 Å². The number of carbonyl (C=O) groups excluding carboxylic acids is 1. The SMILES string of the molecule is CC(C)(C)OC(=O)N[C@H]1c2ccccc2C[C@@H]1OCC1COC1. The van der Waals surface area contributed by atoms with Gasteiger partial charge in [0.2, 0.25) is 0 Å². The second-order valence-electron chi connectivity index (χ2n) is 7.30. The lowest BCUT2D eigenvalue weighted by molar-refractivity contribution is -0.0908. The Morgan fingerprint density at radius 3 is 2.70 bits per heavy atom. The van der Waals surface area contributed by atoms with Gasteiger partial charge in [0, 0.05) is 12.3 Å². The molecule has 1 heterocycles. The molecule has 0 radical (unpaired) electrons. The Morgan fingerprint density at radius 1 is 1.30 bits per heavy atom. The number of nitrogens with one attached hydrogen (secondary N) is 1. The summed E-state index contributed by atoms with van der Waals surface area (Å²) in [6.45, 7) is 7.79. The van der Waals surface area contributed by atoms with Crippen LogP contribution in [0.3, 0.4) is 0 Å². The molecule has 1 aromatic carbocycles. The van der Waals surface area contributed by atoms with Crippen molar-refractivity contribution >= 4 is 6.09 Å². The number of fused-ring (bicyclic) bond motifs is 1. The van der Waals surface area contributed by atoms with E-state index in [9.17, 15) is 4.79 Å². The van der Waals surface area contributed by atoms with Gasteiger partial charge in [0.1, 0.15) is 5.60 Å². The van der Waals surface area contributed by atoms with E-state index in [1.807, 2.05) is 39.0 Å². The molecule has 5 nitrogen and oxygen atoms in total. The fourth-order valence-corrected chi connectivity index (χ4v) is 2.96. The lowest BCUT2D eigenvalue weighted by atomic mass is 10.1. The maximum Gasteiger partial charge on any atom is 0.408 e. The molecule has 3 rings (SSSR count). The third kappa shape index (κ3) is 4.03. The molecule has 1 N–H and O–H groups in total. The van der Waals surface area contributed by atoms with E-state index in [0.29, 0.717) is 12.5 Å². The van der Waals surface area contributed by atoms with Crippen LogP contribution in [0, 0.1) is 5.92 Å². The molecule has 0 aromatic heterocycles. The summed E-state index contributed by atoms with van der Waals surface area (Å²) in [5.41, 5.74) is 1.83. The highest BCUT2D eigenvalue weighted by Gasteiger charge is 2.36. The van der Waals surface area contributed by atoms with Crippen LogP contribution < -0.4 is 5.32 Å². The Kier molecular flexibility index (Phi) is 4.60. The first kappa shape index (κ1) is 16.3. The number of carbonyl (C=O) groups is 1. The monoisotopic (exact) mass is 319 g/mol. The van der Waals surface area contributed by atoms with E-state index < -0.39 is 11.7 Å². The first-order chi connectivity index (χ1) is 10.9. The molecule has 1 fully saturated rings. The molecule has 0 bridgehead atoms. The Balaban J connectivity index is 1.67. The van der Waals surface area contributed by atoms with Gasteiger partial charge in [-0.05, 0) is 31.9 Å². The summed E-state index contributed by atoms with van der Waals surface area (Å²) in [5.74, 6) is 0.473. The maximum atomic E-state index is 12.2. The molecular formula is C18H25NO4. The van der Waals surface area contributed by atoms with Crippen LogP contribution in [0.15, 0.2) is 24.3 Å². The van der Waals surface area contributed by atoms with Crippen LogP contribution in [0.2, 0.25) is 0 Å². The molecular weight excluding hydrogens is 294 g/mol. The van der Waals surface area contributed by atoms with Gasteiger partial charge >= 0.3 is 6.09 Å². The number of rotatable bonds is 4. The van der Waals surface area contributed by atoms with Crippen molar-refractivity contribution in [2.75, 3.05) is 19.8 Å². The summed E-state index contributed by atoms with van der Waals surface area (Å²) in [4.78, 5) is 12.2. The normalized spacial score (nSPS) is 24.0. The largest absolute Gasteiger partial charge is 0.444 e. The maximum absolute atomic E-state index is 12.2. The first-order valence-electron chi connectivity index (χ1n) is 8.19. The van der Waals surface area contributed by atoms with Gasteiger partial charge in [0.15, 0.2) is 0 Å². The molecule has 1 saturated heterocycles. The zero-order chi connectivity index (χ0) is 16.4. The van der Waals surface area contributed by atoms with Crippen molar-refractivity contribution in [2.24, 2.45) is 5.92 Å². The van der Waals surface area contributed by atoms with Crippen LogP contribution >= 0.6 is 0 Å². The number of ether oxygens (including phenoxy) is 3. The minimum absolute atomic E-state index is 0.0551. The third-order valence-electron chi connectivity index (χ3n) is 4.11. The molecule has 2 atom stereocenters. The van der Waals surface area contributed by atoms with Crippen LogP contribution in [-0.2, 0) is 20.6 Å². The minimum atomic E-state index is -0.512. The Hall–Kier alpha value is -1.59. The van der Waals surface area contributed by atoms with E-state index in [1.54, 1.807) is 0 Å². The van der Waals surface area contributed by atoms with Crippen LogP contribution in [0.5, 0.6) is 0 Å². The van der Waals surface area contributed by atoms with Crippen molar-refractivity contribution in [3.63, 3.8) is 0 Å². The summed E-state index contributed by atoms with van der Waals surface area (Å²) >= 11 is 0. The zero-order valence-corrected chi connectivity index (χ0v) is 14.0. The highest BCUT2D eigenvalue weighted by atomic mass is 16.6. The average molecular weight is 319 g/mol. The molecule has 23 heavy (non-hydrogen) atoms. The molecule has 1 aliphatic heterocycles. The molecule has 1 aliphatic carbocycles. The molecule has 1 amide bonds. The predicted molar refractivity (Wildman–Crippen MR) is 86.3 cm³/mol. The van der Waals surface area contributed by atoms with Crippen LogP contribution in [0.1, 0.15) is 37.9 Å². The van der Waals surface area contributed by atoms with Gasteiger partial charge < -0.3 is 19.5 Å². The summed E-state index contributed by atoms with van der Waals surface area (Å²) < 4.78 is 16.7. The van der Waals surface area contributed by atoms with Crippen molar-refractivity contribution in [1.29, 1.82) is 0 Å². The average Bonchev–Trinajstić information content (AvgIpc) is 2.73. The smallest absolute Gasteiger partial charge is 0.408 e. The van der Waals surface area contributed by atoms with Gasteiger partial charge in [0.05, 0.1) is 32.0 Å². The number of benzene rings is 1. The molecule has 5 heteroatoms. The van der Waals surface area contributed by atoms with E-state index in [-0.39, 0.29) is 12.1 Å². The molecule has 0 unspecified atom stereocenters. The minimum Gasteiger partial charge on any atom is -0.444 e. The van der Waals surface area contributed by atoms with Crippen molar-refractivity contribution in [3.05, 3.63) is 35.4 Å². The Labute approximate surface area is 137 Å². The highest BCUT2D eigenvalue weighted by Crippen LogP contribution is 2.34. The Bertz CT molecular complexity index is 562. The topological polar surface area (TPSA) is 56.8 Å². The molecule has 1 aromatic rings. The van der Waals surface area contributed by atoms with Gasteiger partial charge in [-0.2, -0.15) is 0 Å². The van der Waals surface area contributed by atoms with Crippen LogP contribution in [-0.4, -0.2) is 37.6 Å². The van der Waals surface area contributed by atoms with Gasteiger partial charge in [-0.15, -0.1) is 0 Å². The number of alkyl carbamates (subject to hydrolysis) is 1. The van der Waals surface area contributed by atoms with Crippen LogP contribution in [0.4, 0.5) is 4.79 Å². The lowest BCUT2D eigenvalue weighted by Gasteiger charge is -2.29. The summed E-state index contributed by atoms with van der Waals surface area (Å²) in [5, 5.41) is 2.98. The second kappa shape index (κ2) is 6.49. The van der Waals surface area contributed by atoms with Crippen molar-refractivity contribution < 1.29 is 19.0 Å². The van der Waals surface area contributed by atoms with Gasteiger partial charge in [-0.3, -0.25) is 0 Å². The van der Waals surface area contributed by atoms with E-state index in [1.165, 1.54) is 5.56 Å². The quantitative estimate of drug-likeness (QED) is 0.927. The van der Waals surface area contributed by atoms with Crippen molar-refractivity contribution in [3.8, 4) is 0 Å². The molecule has 2 aliphatic rings.